The number of alkyl halides is 1. The predicted molar refractivity (Wildman–Crippen MR) is 67.2 cm³/mol. The van der Waals surface area contributed by atoms with Gasteiger partial charge < -0.3 is 9.47 Å². The maximum atomic E-state index is 5.75. The van der Waals surface area contributed by atoms with Crippen molar-refractivity contribution in [2.75, 3.05) is 13.2 Å². The van der Waals surface area contributed by atoms with Crippen LogP contribution in [0.3, 0.4) is 0 Å². The lowest BCUT2D eigenvalue weighted by Crippen LogP contribution is -2.31. The van der Waals surface area contributed by atoms with Crippen LogP contribution in [-0.2, 0) is 0 Å². The maximum absolute atomic E-state index is 5.75. The molecule has 3 rings (SSSR count). The van der Waals surface area contributed by atoms with Crippen LogP contribution >= 0.6 is 22.6 Å². The van der Waals surface area contributed by atoms with Crippen molar-refractivity contribution in [2.45, 2.75) is 36.3 Å². The maximum Gasteiger partial charge on any atom is 0.373 e. The number of imidazole rings is 1. The Morgan fingerprint density at radius 3 is 3.19 bits per heavy atom. The molecule has 88 valence electrons. The summed E-state index contributed by atoms with van der Waals surface area (Å²) >= 11 is 2.40. The third-order valence-corrected chi connectivity index (χ3v) is 4.22. The fraction of sp³-hybridized carbons (Fsp3) is 0.727. The van der Waals surface area contributed by atoms with Crippen LogP contribution in [0.5, 0.6) is 11.8 Å². The second-order valence-electron chi connectivity index (χ2n) is 4.39. The summed E-state index contributed by atoms with van der Waals surface area (Å²) in [5.74, 6) is 1.85. The van der Waals surface area contributed by atoms with Crippen molar-refractivity contribution in [1.29, 1.82) is 0 Å². The van der Waals surface area contributed by atoms with E-state index in [1.165, 1.54) is 19.3 Å². The molecule has 2 aliphatic rings. The van der Waals surface area contributed by atoms with Crippen LogP contribution in [0.4, 0.5) is 0 Å². The molecule has 0 radical (unpaired) electrons. The summed E-state index contributed by atoms with van der Waals surface area (Å²) in [5.41, 5.74) is 0. The van der Waals surface area contributed by atoms with Gasteiger partial charge >= 0.3 is 11.8 Å². The number of hydrogen-bond donors (Lipinski definition) is 0. The molecule has 5 heteroatoms. The van der Waals surface area contributed by atoms with Crippen molar-refractivity contribution >= 4 is 22.6 Å². The first kappa shape index (κ1) is 10.7. The summed E-state index contributed by atoms with van der Waals surface area (Å²) in [6.45, 7) is 3.79. The van der Waals surface area contributed by atoms with E-state index >= 15 is 0 Å². The summed E-state index contributed by atoms with van der Waals surface area (Å²) < 4.78 is 16.2. The summed E-state index contributed by atoms with van der Waals surface area (Å²) in [5, 5.41) is 0. The lowest BCUT2D eigenvalue weighted by atomic mass is 10.1. The smallest absolute Gasteiger partial charge is 0.373 e. The molecule has 0 spiro atoms. The molecule has 0 N–H and O–H groups in total. The Morgan fingerprint density at radius 2 is 2.38 bits per heavy atom. The highest BCUT2D eigenvalue weighted by Gasteiger charge is 2.42. The molecule has 16 heavy (non-hydrogen) atoms. The Balaban J connectivity index is 1.87. The largest absolute Gasteiger partial charge is 0.452 e. The molecule has 3 heterocycles. The summed E-state index contributed by atoms with van der Waals surface area (Å²) in [6, 6.07) is 0.500. The third kappa shape index (κ3) is 1.51. The number of fused-ring (bicyclic) bond motifs is 3. The topological polar surface area (TPSA) is 27.3 Å². The lowest BCUT2D eigenvalue weighted by Gasteiger charge is -2.03. The van der Waals surface area contributed by atoms with Gasteiger partial charge in [-0.3, -0.25) is 0 Å². The quantitative estimate of drug-likeness (QED) is 0.481. The lowest BCUT2D eigenvalue weighted by molar-refractivity contribution is -0.677. The second-order valence-corrected chi connectivity index (χ2v) is 5.83. The Labute approximate surface area is 109 Å². The van der Waals surface area contributed by atoms with E-state index in [2.05, 4.69) is 45.0 Å². The van der Waals surface area contributed by atoms with Crippen LogP contribution in [0.2, 0.25) is 0 Å². The van der Waals surface area contributed by atoms with Crippen molar-refractivity contribution in [1.82, 2.24) is 4.57 Å². The summed E-state index contributed by atoms with van der Waals surface area (Å²) in [6.07, 6.45) is 5.85. The van der Waals surface area contributed by atoms with Crippen molar-refractivity contribution in [3.05, 3.63) is 6.33 Å². The molecule has 1 aromatic heterocycles. The van der Waals surface area contributed by atoms with Gasteiger partial charge in [-0.2, -0.15) is 9.13 Å². The minimum Gasteiger partial charge on any atom is -0.452 e. The van der Waals surface area contributed by atoms with Crippen molar-refractivity contribution in [3.8, 4) is 11.8 Å². The Kier molecular flexibility index (Phi) is 2.73. The van der Waals surface area contributed by atoms with Gasteiger partial charge in [0.25, 0.3) is 6.33 Å². The molecule has 4 nitrogen and oxygen atoms in total. The Morgan fingerprint density at radius 1 is 1.50 bits per heavy atom. The van der Waals surface area contributed by atoms with E-state index in [1.807, 2.05) is 0 Å². The first-order valence-corrected chi connectivity index (χ1v) is 7.11. The first-order chi connectivity index (χ1) is 7.81. The van der Waals surface area contributed by atoms with Gasteiger partial charge in [0.15, 0.2) is 4.05 Å². The van der Waals surface area contributed by atoms with E-state index in [9.17, 15) is 0 Å². The zero-order chi connectivity index (χ0) is 11.1. The zero-order valence-corrected chi connectivity index (χ0v) is 11.5. The highest BCUT2D eigenvalue weighted by atomic mass is 127. The van der Waals surface area contributed by atoms with E-state index in [1.54, 1.807) is 0 Å². The minimum absolute atomic E-state index is 0.404. The van der Waals surface area contributed by atoms with Crippen LogP contribution in [0, 0.1) is 0 Å². The van der Waals surface area contributed by atoms with Crippen LogP contribution in [0.1, 0.15) is 36.3 Å². The molecule has 0 aliphatic carbocycles. The molecule has 0 aromatic carbocycles. The fourth-order valence-electron chi connectivity index (χ4n) is 2.34. The summed E-state index contributed by atoms with van der Waals surface area (Å²) in [4.78, 5) is 0. The van der Waals surface area contributed by atoms with Gasteiger partial charge in [0.1, 0.15) is 19.3 Å². The number of unbranched alkanes of at least 4 members (excludes halogenated alkanes) is 1. The third-order valence-electron chi connectivity index (χ3n) is 3.26. The second kappa shape index (κ2) is 4.09. The minimum atomic E-state index is 0.404. The van der Waals surface area contributed by atoms with Gasteiger partial charge in [0.05, 0.1) is 0 Å². The molecule has 0 fully saturated rings. The van der Waals surface area contributed by atoms with Crippen LogP contribution in [0.15, 0.2) is 6.33 Å². The monoisotopic (exact) mass is 335 g/mol. The first-order valence-electron chi connectivity index (χ1n) is 5.87. The molecule has 1 aromatic rings. The summed E-state index contributed by atoms with van der Waals surface area (Å²) in [7, 11) is 0. The average molecular weight is 335 g/mol. The molecule has 0 bridgehead atoms. The van der Waals surface area contributed by atoms with E-state index in [4.69, 9.17) is 9.47 Å². The number of nitrogens with zero attached hydrogens (tertiary/aromatic N) is 2. The fourth-order valence-corrected chi connectivity index (χ4v) is 2.91. The number of aromatic nitrogens is 2. The number of hydrogen-bond acceptors (Lipinski definition) is 2. The van der Waals surface area contributed by atoms with Gasteiger partial charge in [-0.25, -0.2) is 0 Å². The molecular formula is C11H16IN2O2+. The predicted octanol–water partition coefficient (Wildman–Crippen LogP) is 2.23. The van der Waals surface area contributed by atoms with Crippen molar-refractivity contribution < 1.29 is 14.0 Å². The Hall–Kier alpha value is -0.460. The van der Waals surface area contributed by atoms with Gasteiger partial charge in [-0.05, 0) is 35.4 Å². The number of ether oxygens (including phenoxy) is 2. The average Bonchev–Trinajstić information content (AvgIpc) is 2.90. The number of halogens is 1. The SMILES string of the molecule is CCCC[C@@H]1COc2c3[n+](cn21)[C@H](I)CO3. The molecule has 0 unspecified atom stereocenters. The van der Waals surface area contributed by atoms with E-state index in [0.717, 1.165) is 25.0 Å². The molecular weight excluding hydrogens is 319 g/mol. The molecule has 0 saturated heterocycles. The highest BCUT2D eigenvalue weighted by molar-refractivity contribution is 14.1. The normalized spacial score (nSPS) is 26.1. The highest BCUT2D eigenvalue weighted by Crippen LogP contribution is 2.39. The van der Waals surface area contributed by atoms with Gasteiger partial charge in [0.2, 0.25) is 0 Å². The van der Waals surface area contributed by atoms with E-state index < -0.39 is 0 Å². The zero-order valence-electron chi connectivity index (χ0n) is 9.36. The van der Waals surface area contributed by atoms with Crippen LogP contribution < -0.4 is 14.0 Å². The Bertz CT molecular complexity index is 405. The van der Waals surface area contributed by atoms with Gasteiger partial charge in [-0.15, -0.1) is 0 Å². The van der Waals surface area contributed by atoms with Crippen molar-refractivity contribution in [3.63, 3.8) is 0 Å². The van der Waals surface area contributed by atoms with Crippen LogP contribution in [-0.4, -0.2) is 17.8 Å². The van der Waals surface area contributed by atoms with E-state index in [0.29, 0.717) is 10.1 Å². The van der Waals surface area contributed by atoms with Crippen LogP contribution in [0.25, 0.3) is 0 Å². The standard InChI is InChI=1S/C11H16IN2O2/c1-2-3-4-8-5-15-10-11-14(7-13(8)10)9(12)6-16-11/h7-9H,2-6H2,1H3/q+1/t8-,9+/m1/s1. The molecule has 2 aliphatic heterocycles. The molecule has 2 atom stereocenters. The number of rotatable bonds is 3. The van der Waals surface area contributed by atoms with Crippen molar-refractivity contribution in [2.24, 2.45) is 0 Å². The molecule has 0 amide bonds. The van der Waals surface area contributed by atoms with E-state index in [-0.39, 0.29) is 0 Å². The molecule has 0 saturated carbocycles. The van der Waals surface area contributed by atoms with Gasteiger partial charge in [0, 0.05) is 0 Å². The van der Waals surface area contributed by atoms with Gasteiger partial charge in [-0.1, -0.05) is 13.3 Å².